The number of halogens is 1. The molecule has 1 heterocycles. The quantitative estimate of drug-likeness (QED) is 0.907. The van der Waals surface area contributed by atoms with Gasteiger partial charge >= 0.3 is 5.97 Å². The molecule has 1 aromatic heterocycles. The third-order valence-electron chi connectivity index (χ3n) is 3.00. The number of nitrogens with zero attached hydrogens (tertiary/aromatic N) is 2. The van der Waals surface area contributed by atoms with E-state index in [1.54, 1.807) is 17.9 Å². The van der Waals surface area contributed by atoms with E-state index in [1.165, 1.54) is 0 Å². The van der Waals surface area contributed by atoms with Crippen LogP contribution in [0.25, 0.3) is 0 Å². The molecule has 1 unspecified atom stereocenters. The van der Waals surface area contributed by atoms with Crippen LogP contribution in [0.1, 0.15) is 17.3 Å². The summed E-state index contributed by atoms with van der Waals surface area (Å²) in [6, 6.07) is 6.58. The summed E-state index contributed by atoms with van der Waals surface area (Å²) in [7, 11) is 1.79. The van der Waals surface area contributed by atoms with Crippen LogP contribution in [0.15, 0.2) is 34.9 Å². The number of hydrogen-bond acceptors (Lipinski definition) is 3. The van der Waals surface area contributed by atoms with Crippen molar-refractivity contribution in [3.63, 3.8) is 0 Å². The topological polar surface area (TPSA) is 67.2 Å². The first kappa shape index (κ1) is 13.6. The van der Waals surface area contributed by atoms with Crippen molar-refractivity contribution in [1.29, 1.82) is 0 Å². The van der Waals surface area contributed by atoms with E-state index in [0.717, 1.165) is 15.9 Å². The predicted molar refractivity (Wildman–Crippen MR) is 76.1 cm³/mol. The van der Waals surface area contributed by atoms with E-state index in [1.807, 2.05) is 31.2 Å². The summed E-state index contributed by atoms with van der Waals surface area (Å²) in [4.78, 5) is 11.5. The molecule has 0 aliphatic carbocycles. The average Bonchev–Trinajstić information content (AvgIpc) is 2.69. The number of para-hydroxylation sites is 1. The number of nitrogens with one attached hydrogen (secondary N) is 1. The van der Waals surface area contributed by atoms with E-state index < -0.39 is 12.0 Å². The van der Waals surface area contributed by atoms with Gasteiger partial charge in [-0.15, -0.1) is 0 Å². The summed E-state index contributed by atoms with van der Waals surface area (Å²) in [6.07, 6.45) is 1.58. The Kier molecular flexibility index (Phi) is 3.90. The van der Waals surface area contributed by atoms with Crippen LogP contribution >= 0.6 is 15.9 Å². The number of anilines is 1. The van der Waals surface area contributed by atoms with Crippen LogP contribution < -0.4 is 5.32 Å². The van der Waals surface area contributed by atoms with Crippen LogP contribution in [0.3, 0.4) is 0 Å². The lowest BCUT2D eigenvalue weighted by Crippen LogP contribution is -2.21. The number of aromatic nitrogens is 2. The molecule has 2 N–H and O–H groups in total. The maximum atomic E-state index is 11.5. The molecule has 5 nitrogen and oxygen atoms in total. The van der Waals surface area contributed by atoms with E-state index in [-0.39, 0.29) is 0 Å². The van der Waals surface area contributed by atoms with Crippen molar-refractivity contribution >= 4 is 27.6 Å². The second-order valence-corrected chi connectivity index (χ2v) is 5.06. The summed E-state index contributed by atoms with van der Waals surface area (Å²) in [5, 5.41) is 16.5. The maximum absolute atomic E-state index is 11.5. The molecular weight excluding hydrogens is 310 g/mol. The predicted octanol–water partition coefficient (Wildman–Crippen LogP) is 2.73. The number of aliphatic carboxylic acids is 1. The summed E-state index contributed by atoms with van der Waals surface area (Å²) >= 11 is 3.39. The Balaban J connectivity index is 2.35. The fourth-order valence-corrected chi connectivity index (χ4v) is 2.20. The zero-order chi connectivity index (χ0) is 14.0. The van der Waals surface area contributed by atoms with Gasteiger partial charge in [-0.1, -0.05) is 12.1 Å². The Morgan fingerprint density at radius 1 is 1.47 bits per heavy atom. The number of aryl methyl sites for hydroxylation is 1. The number of carbonyl (C=O) groups is 1. The lowest BCUT2D eigenvalue weighted by molar-refractivity contribution is -0.138. The lowest BCUT2D eigenvalue weighted by atomic mass is 10.1. The Bertz CT molecular complexity index is 610. The van der Waals surface area contributed by atoms with Gasteiger partial charge in [0, 0.05) is 28.5 Å². The molecule has 0 fully saturated rings. The zero-order valence-corrected chi connectivity index (χ0v) is 12.2. The first-order valence-electron chi connectivity index (χ1n) is 5.73. The van der Waals surface area contributed by atoms with Crippen LogP contribution in [-0.2, 0) is 11.8 Å². The maximum Gasteiger partial charge on any atom is 0.330 e. The molecule has 0 saturated carbocycles. The fraction of sp³-hybridized carbons (Fsp3) is 0.231. The van der Waals surface area contributed by atoms with E-state index in [0.29, 0.717) is 5.56 Å². The SMILES string of the molecule is Cc1c(C(Nc2ccccc2Br)C(=O)O)cnn1C. The number of hydrogen-bond donors (Lipinski definition) is 2. The molecule has 6 heteroatoms. The van der Waals surface area contributed by atoms with Crippen molar-refractivity contribution in [2.45, 2.75) is 13.0 Å². The second-order valence-electron chi connectivity index (χ2n) is 4.20. The van der Waals surface area contributed by atoms with Gasteiger partial charge < -0.3 is 10.4 Å². The van der Waals surface area contributed by atoms with Crippen molar-refractivity contribution in [3.05, 3.63) is 46.2 Å². The Morgan fingerprint density at radius 3 is 2.68 bits per heavy atom. The van der Waals surface area contributed by atoms with E-state index in [9.17, 15) is 9.90 Å². The lowest BCUT2D eigenvalue weighted by Gasteiger charge is -2.16. The van der Waals surface area contributed by atoms with Gasteiger partial charge in [0.25, 0.3) is 0 Å². The largest absolute Gasteiger partial charge is 0.479 e. The van der Waals surface area contributed by atoms with Gasteiger partial charge in [-0.3, -0.25) is 4.68 Å². The first-order chi connectivity index (χ1) is 9.00. The van der Waals surface area contributed by atoms with Crippen LogP contribution in [0.2, 0.25) is 0 Å². The molecule has 1 atom stereocenters. The molecule has 0 saturated heterocycles. The van der Waals surface area contributed by atoms with Crippen molar-refractivity contribution in [2.24, 2.45) is 7.05 Å². The molecule has 0 bridgehead atoms. The van der Waals surface area contributed by atoms with Crippen LogP contribution in [0.4, 0.5) is 5.69 Å². The van der Waals surface area contributed by atoms with Gasteiger partial charge in [-0.2, -0.15) is 5.10 Å². The fourth-order valence-electron chi connectivity index (χ4n) is 1.81. The Morgan fingerprint density at radius 2 is 2.16 bits per heavy atom. The monoisotopic (exact) mass is 323 g/mol. The summed E-state index contributed by atoms with van der Waals surface area (Å²) < 4.78 is 2.48. The standard InChI is InChI=1S/C13H14BrN3O2/c1-8-9(7-15-17(8)2)12(13(18)19)16-11-6-4-3-5-10(11)14/h3-7,12,16H,1-2H3,(H,18,19). The minimum absolute atomic E-state index is 0.658. The van der Waals surface area contributed by atoms with Gasteiger partial charge in [0.2, 0.25) is 0 Å². The molecule has 100 valence electrons. The van der Waals surface area contributed by atoms with Gasteiger partial charge in [0.15, 0.2) is 6.04 Å². The van der Waals surface area contributed by atoms with Crippen molar-refractivity contribution < 1.29 is 9.90 Å². The zero-order valence-electron chi connectivity index (χ0n) is 10.6. The van der Waals surface area contributed by atoms with Gasteiger partial charge in [0.1, 0.15) is 0 Å². The number of carboxylic acid groups (broad SMARTS) is 1. The third kappa shape index (κ3) is 2.78. The first-order valence-corrected chi connectivity index (χ1v) is 6.52. The van der Waals surface area contributed by atoms with Crippen molar-refractivity contribution in [2.75, 3.05) is 5.32 Å². The minimum Gasteiger partial charge on any atom is -0.479 e. The highest BCUT2D eigenvalue weighted by molar-refractivity contribution is 9.10. The molecule has 2 rings (SSSR count). The van der Waals surface area contributed by atoms with Crippen molar-refractivity contribution in [1.82, 2.24) is 9.78 Å². The van der Waals surface area contributed by atoms with E-state index in [4.69, 9.17) is 0 Å². The third-order valence-corrected chi connectivity index (χ3v) is 3.70. The summed E-state index contributed by atoms with van der Waals surface area (Å²) in [5.41, 5.74) is 2.22. The summed E-state index contributed by atoms with van der Waals surface area (Å²) in [5.74, 6) is -0.938. The molecule has 2 aromatic rings. The smallest absolute Gasteiger partial charge is 0.330 e. The minimum atomic E-state index is -0.938. The average molecular weight is 324 g/mol. The molecule has 0 aliphatic rings. The van der Waals surface area contributed by atoms with Crippen LogP contribution in [0.5, 0.6) is 0 Å². The number of rotatable bonds is 4. The molecule has 1 aromatic carbocycles. The molecular formula is C13H14BrN3O2. The second kappa shape index (κ2) is 5.44. The van der Waals surface area contributed by atoms with E-state index >= 15 is 0 Å². The number of carboxylic acids is 1. The molecule has 0 amide bonds. The van der Waals surface area contributed by atoms with Crippen LogP contribution in [-0.4, -0.2) is 20.9 Å². The highest BCUT2D eigenvalue weighted by Gasteiger charge is 2.24. The number of benzene rings is 1. The Labute approximate surface area is 119 Å². The van der Waals surface area contributed by atoms with Gasteiger partial charge in [0.05, 0.1) is 6.20 Å². The normalized spacial score (nSPS) is 12.2. The summed E-state index contributed by atoms with van der Waals surface area (Å²) in [6.45, 7) is 1.85. The van der Waals surface area contributed by atoms with Gasteiger partial charge in [-0.05, 0) is 35.0 Å². The highest BCUT2D eigenvalue weighted by atomic mass is 79.9. The van der Waals surface area contributed by atoms with Gasteiger partial charge in [-0.25, -0.2) is 4.79 Å². The molecule has 0 radical (unpaired) electrons. The van der Waals surface area contributed by atoms with Crippen LogP contribution in [0, 0.1) is 6.92 Å². The van der Waals surface area contributed by atoms with E-state index in [2.05, 4.69) is 26.3 Å². The molecule has 0 spiro atoms. The Hall–Kier alpha value is -1.82. The molecule has 19 heavy (non-hydrogen) atoms. The highest BCUT2D eigenvalue weighted by Crippen LogP contribution is 2.27. The van der Waals surface area contributed by atoms with Crippen molar-refractivity contribution in [3.8, 4) is 0 Å². The molecule has 0 aliphatic heterocycles.